The predicted octanol–water partition coefficient (Wildman–Crippen LogP) is 3.47. The normalized spacial score (nSPS) is 18.2. The van der Waals surface area contributed by atoms with Gasteiger partial charge in [0.2, 0.25) is 0 Å². The first-order chi connectivity index (χ1) is 11.4. The number of sulfone groups is 1. The molecule has 0 bridgehead atoms. The molecule has 4 rings (SSSR count). The topological polar surface area (TPSA) is 78.6 Å². The van der Waals surface area contributed by atoms with Crippen LogP contribution >= 0.6 is 0 Å². The summed E-state index contributed by atoms with van der Waals surface area (Å²) in [5.74, 6) is 0.901. The van der Waals surface area contributed by atoms with Crippen LogP contribution in [0.25, 0.3) is 22.0 Å². The molecule has 0 unspecified atom stereocenters. The number of hydrogen-bond acceptors (Lipinski definition) is 3. The molecule has 126 valence electrons. The van der Waals surface area contributed by atoms with E-state index in [1.165, 1.54) is 10.9 Å². The first-order valence-electron chi connectivity index (χ1n) is 8.28. The number of H-pyrrole nitrogens is 2. The Bertz CT molecular complexity index is 981. The maximum absolute atomic E-state index is 11.7. The second-order valence-corrected chi connectivity index (χ2v) is 9.04. The van der Waals surface area contributed by atoms with Crippen LogP contribution in [-0.2, 0) is 9.84 Å². The molecule has 0 saturated carbocycles. The fraction of sp³-hybridized carbons (Fsp3) is 0.389. The van der Waals surface area contributed by atoms with E-state index in [0.717, 1.165) is 28.0 Å². The summed E-state index contributed by atoms with van der Waals surface area (Å²) in [5, 5.41) is 8.52. The van der Waals surface area contributed by atoms with Crippen LogP contribution < -0.4 is 0 Å². The van der Waals surface area contributed by atoms with Crippen molar-refractivity contribution in [1.82, 2.24) is 15.2 Å². The quantitative estimate of drug-likeness (QED) is 0.748. The van der Waals surface area contributed by atoms with Crippen molar-refractivity contribution < 1.29 is 8.42 Å². The van der Waals surface area contributed by atoms with Gasteiger partial charge in [0.05, 0.1) is 17.2 Å². The van der Waals surface area contributed by atoms with Crippen molar-refractivity contribution in [2.75, 3.05) is 11.5 Å². The lowest BCUT2D eigenvalue weighted by atomic mass is 9.92. The maximum atomic E-state index is 11.7. The van der Waals surface area contributed by atoms with Crippen LogP contribution in [0.5, 0.6) is 0 Å². The molecule has 2 N–H and O–H groups in total. The number of aromatic amines is 2. The van der Waals surface area contributed by atoms with Gasteiger partial charge in [-0.15, -0.1) is 0 Å². The number of aryl methyl sites for hydroxylation is 2. The second kappa shape index (κ2) is 5.48. The average Bonchev–Trinajstić information content (AvgIpc) is 3.10. The van der Waals surface area contributed by atoms with E-state index in [2.05, 4.69) is 33.4 Å². The second-order valence-electron chi connectivity index (χ2n) is 6.74. The zero-order chi connectivity index (χ0) is 16.9. The van der Waals surface area contributed by atoms with E-state index >= 15 is 0 Å². The zero-order valence-electron chi connectivity index (χ0n) is 13.9. The average molecular weight is 343 g/mol. The van der Waals surface area contributed by atoms with Gasteiger partial charge in [-0.3, -0.25) is 5.10 Å². The minimum Gasteiger partial charge on any atom is -0.361 e. The van der Waals surface area contributed by atoms with E-state index in [4.69, 9.17) is 0 Å². The Kier molecular flexibility index (Phi) is 3.53. The van der Waals surface area contributed by atoms with Gasteiger partial charge in [-0.25, -0.2) is 8.42 Å². The molecule has 3 heterocycles. The Labute approximate surface area is 141 Å². The fourth-order valence-electron chi connectivity index (χ4n) is 3.81. The summed E-state index contributed by atoms with van der Waals surface area (Å²) in [6, 6.07) is 6.41. The molecule has 2 aromatic heterocycles. The molecule has 5 nitrogen and oxygen atoms in total. The largest absolute Gasteiger partial charge is 0.361 e. The van der Waals surface area contributed by atoms with E-state index < -0.39 is 9.84 Å². The van der Waals surface area contributed by atoms with Gasteiger partial charge in [0.25, 0.3) is 0 Å². The Morgan fingerprint density at radius 2 is 1.92 bits per heavy atom. The van der Waals surface area contributed by atoms with Crippen molar-refractivity contribution in [1.29, 1.82) is 0 Å². The van der Waals surface area contributed by atoms with Crippen LogP contribution in [0.15, 0.2) is 24.4 Å². The first kappa shape index (κ1) is 15.4. The molecule has 1 fully saturated rings. The molecule has 1 saturated heterocycles. The third-order valence-electron chi connectivity index (χ3n) is 5.12. The smallest absolute Gasteiger partial charge is 0.150 e. The molecule has 0 amide bonds. The van der Waals surface area contributed by atoms with Crippen molar-refractivity contribution in [2.45, 2.75) is 32.6 Å². The molecule has 24 heavy (non-hydrogen) atoms. The van der Waals surface area contributed by atoms with Crippen LogP contribution in [0.2, 0.25) is 0 Å². The summed E-state index contributed by atoms with van der Waals surface area (Å²) in [6.45, 7) is 4.04. The number of benzene rings is 1. The summed E-state index contributed by atoms with van der Waals surface area (Å²) >= 11 is 0. The van der Waals surface area contributed by atoms with Crippen molar-refractivity contribution in [3.05, 3.63) is 41.3 Å². The van der Waals surface area contributed by atoms with Crippen LogP contribution in [-0.4, -0.2) is 35.1 Å². The van der Waals surface area contributed by atoms with Crippen LogP contribution in [0, 0.1) is 13.8 Å². The molecular weight excluding hydrogens is 322 g/mol. The van der Waals surface area contributed by atoms with Gasteiger partial charge >= 0.3 is 0 Å². The summed E-state index contributed by atoms with van der Waals surface area (Å²) in [6.07, 6.45) is 3.47. The molecule has 6 heteroatoms. The van der Waals surface area contributed by atoms with Crippen LogP contribution in [0.3, 0.4) is 0 Å². The monoisotopic (exact) mass is 343 g/mol. The van der Waals surface area contributed by atoms with Crippen molar-refractivity contribution in [3.8, 4) is 11.1 Å². The summed E-state index contributed by atoms with van der Waals surface area (Å²) in [7, 11) is -2.84. The van der Waals surface area contributed by atoms with E-state index in [1.807, 2.05) is 20.0 Å². The highest BCUT2D eigenvalue weighted by Gasteiger charge is 2.26. The van der Waals surface area contributed by atoms with Crippen molar-refractivity contribution in [2.24, 2.45) is 0 Å². The minimum absolute atomic E-state index is 0.296. The lowest BCUT2D eigenvalue weighted by Gasteiger charge is -2.21. The predicted molar refractivity (Wildman–Crippen MR) is 96.0 cm³/mol. The summed E-state index contributed by atoms with van der Waals surface area (Å²) in [4.78, 5) is 3.34. The third-order valence-corrected chi connectivity index (χ3v) is 6.84. The summed E-state index contributed by atoms with van der Waals surface area (Å²) in [5.41, 5.74) is 6.69. The molecule has 0 aliphatic carbocycles. The molecule has 1 aliphatic heterocycles. The maximum Gasteiger partial charge on any atom is 0.150 e. The standard InChI is InChI=1S/C18H21N3O2S/c1-11-18(12(2)21-20-11)14-3-4-17-15(9-14)16(10-19-17)13-5-7-24(22,23)8-6-13/h3-4,9-10,13,19H,5-8H2,1-2H3,(H,20,21). The number of fused-ring (bicyclic) bond motifs is 1. The molecule has 3 aromatic rings. The van der Waals surface area contributed by atoms with Crippen LogP contribution in [0.1, 0.15) is 35.7 Å². The number of rotatable bonds is 2. The number of aromatic nitrogens is 3. The number of nitrogens with zero attached hydrogens (tertiary/aromatic N) is 1. The van der Waals surface area contributed by atoms with E-state index in [0.29, 0.717) is 30.3 Å². The van der Waals surface area contributed by atoms with E-state index in [1.54, 1.807) is 0 Å². The molecule has 0 radical (unpaired) electrons. The van der Waals surface area contributed by atoms with Crippen molar-refractivity contribution in [3.63, 3.8) is 0 Å². The third kappa shape index (κ3) is 2.55. The summed E-state index contributed by atoms with van der Waals surface area (Å²) < 4.78 is 23.4. The van der Waals surface area contributed by atoms with Gasteiger partial charge < -0.3 is 4.98 Å². The molecule has 0 spiro atoms. The molecule has 1 aromatic carbocycles. The zero-order valence-corrected chi connectivity index (χ0v) is 14.7. The van der Waals surface area contributed by atoms with Crippen LogP contribution in [0.4, 0.5) is 0 Å². The van der Waals surface area contributed by atoms with Gasteiger partial charge in [-0.1, -0.05) is 6.07 Å². The molecule has 0 atom stereocenters. The van der Waals surface area contributed by atoms with E-state index in [-0.39, 0.29) is 0 Å². The van der Waals surface area contributed by atoms with Gasteiger partial charge in [-0.2, -0.15) is 5.10 Å². The first-order valence-corrected chi connectivity index (χ1v) is 10.1. The van der Waals surface area contributed by atoms with Gasteiger partial charge in [0.1, 0.15) is 9.84 Å². The number of nitrogens with one attached hydrogen (secondary N) is 2. The Morgan fingerprint density at radius 1 is 1.17 bits per heavy atom. The lowest BCUT2D eigenvalue weighted by Crippen LogP contribution is -2.21. The Balaban J connectivity index is 1.77. The lowest BCUT2D eigenvalue weighted by molar-refractivity contribution is 0.551. The SMILES string of the molecule is Cc1n[nH]c(C)c1-c1ccc2[nH]cc(C3CCS(=O)(=O)CC3)c2c1. The minimum atomic E-state index is -2.84. The fourth-order valence-corrected chi connectivity index (χ4v) is 5.30. The highest BCUT2D eigenvalue weighted by molar-refractivity contribution is 7.91. The Hall–Kier alpha value is -2.08. The molecular formula is C18H21N3O2S. The van der Waals surface area contributed by atoms with Gasteiger partial charge in [0, 0.05) is 28.4 Å². The van der Waals surface area contributed by atoms with Crippen molar-refractivity contribution >= 4 is 20.7 Å². The highest BCUT2D eigenvalue weighted by atomic mass is 32.2. The molecule has 1 aliphatic rings. The Morgan fingerprint density at radius 3 is 2.58 bits per heavy atom. The highest BCUT2D eigenvalue weighted by Crippen LogP contribution is 2.36. The van der Waals surface area contributed by atoms with Gasteiger partial charge in [0.15, 0.2) is 0 Å². The number of hydrogen-bond donors (Lipinski definition) is 2. The van der Waals surface area contributed by atoms with Gasteiger partial charge in [-0.05, 0) is 55.9 Å². The van der Waals surface area contributed by atoms with E-state index in [9.17, 15) is 8.42 Å².